The van der Waals surface area contributed by atoms with E-state index in [0.717, 1.165) is 12.8 Å². The maximum absolute atomic E-state index is 15.8. The molecule has 0 saturated carbocycles. The van der Waals surface area contributed by atoms with Crippen LogP contribution in [0.15, 0.2) is 40.9 Å². The van der Waals surface area contributed by atoms with Gasteiger partial charge in [0.2, 0.25) is 0 Å². The maximum atomic E-state index is 15.8. The van der Waals surface area contributed by atoms with Crippen molar-refractivity contribution in [3.05, 3.63) is 68.4 Å². The lowest BCUT2D eigenvalue weighted by atomic mass is 9.96. The molecule has 7 rings (SSSR count). The van der Waals surface area contributed by atoms with E-state index in [2.05, 4.69) is 31.1 Å². The minimum Gasteiger partial charge on any atom is -0.472 e. The van der Waals surface area contributed by atoms with Gasteiger partial charge < -0.3 is 24.0 Å². The highest BCUT2D eigenvalue weighted by atomic mass is 79.9. The molecule has 2 unspecified atom stereocenters. The van der Waals surface area contributed by atoms with Crippen LogP contribution in [-0.2, 0) is 23.1 Å². The second-order valence-electron chi connectivity index (χ2n) is 10.9. The van der Waals surface area contributed by atoms with E-state index >= 15 is 4.39 Å². The van der Waals surface area contributed by atoms with Crippen molar-refractivity contribution in [2.75, 3.05) is 32.0 Å². The van der Waals surface area contributed by atoms with E-state index in [9.17, 15) is 9.59 Å². The number of aromatic nitrogens is 3. The van der Waals surface area contributed by atoms with Gasteiger partial charge in [-0.15, -0.1) is 5.10 Å². The molecule has 0 aliphatic carbocycles. The summed E-state index contributed by atoms with van der Waals surface area (Å²) >= 11 is 9.99. The zero-order chi connectivity index (χ0) is 30.0. The van der Waals surface area contributed by atoms with E-state index in [0.29, 0.717) is 56.8 Å². The summed E-state index contributed by atoms with van der Waals surface area (Å²) < 4.78 is 34.9. The number of ether oxygens (including phenoxy) is 3. The molecule has 1 aromatic heterocycles. The second kappa shape index (κ2) is 10.8. The fourth-order valence-electron chi connectivity index (χ4n) is 6.42. The largest absolute Gasteiger partial charge is 0.472 e. The number of benzene rings is 3. The zero-order valence-electron chi connectivity index (χ0n) is 23.3. The van der Waals surface area contributed by atoms with E-state index < -0.39 is 11.8 Å². The molecule has 222 valence electrons. The molecule has 43 heavy (non-hydrogen) atoms. The Morgan fingerprint density at radius 2 is 1.91 bits per heavy atom. The van der Waals surface area contributed by atoms with E-state index in [1.807, 2.05) is 6.07 Å². The van der Waals surface area contributed by atoms with E-state index in [-0.39, 0.29) is 47.4 Å². The van der Waals surface area contributed by atoms with E-state index in [1.165, 1.54) is 22.8 Å². The lowest BCUT2D eigenvalue weighted by molar-refractivity contribution is 0.0517. The molecule has 4 heterocycles. The first-order valence-electron chi connectivity index (χ1n) is 13.8. The molecule has 3 aromatic carbocycles. The predicted molar refractivity (Wildman–Crippen MR) is 160 cm³/mol. The van der Waals surface area contributed by atoms with Crippen molar-refractivity contribution in [3.8, 4) is 16.9 Å². The number of amides is 1. The van der Waals surface area contributed by atoms with Crippen molar-refractivity contribution in [2.24, 2.45) is 7.05 Å². The van der Waals surface area contributed by atoms with Gasteiger partial charge >= 0.3 is 5.97 Å². The minimum atomic E-state index is -0.601. The smallest absolute Gasteiger partial charge is 0.340 e. The molecule has 2 bridgehead atoms. The number of para-hydroxylation sites is 1. The number of rotatable bonds is 4. The fraction of sp³-hybridized carbons (Fsp3) is 0.333. The average molecular weight is 671 g/mol. The summed E-state index contributed by atoms with van der Waals surface area (Å²) in [6.45, 7) is 1.22. The lowest BCUT2D eigenvalue weighted by Crippen LogP contribution is -2.46. The topological polar surface area (TPSA) is 99.0 Å². The van der Waals surface area contributed by atoms with Crippen molar-refractivity contribution in [1.82, 2.24) is 19.9 Å². The summed E-state index contributed by atoms with van der Waals surface area (Å²) in [5.41, 5.74) is 3.60. The Morgan fingerprint density at radius 3 is 2.65 bits per heavy atom. The Morgan fingerprint density at radius 1 is 1.14 bits per heavy atom. The Bertz CT molecular complexity index is 1800. The van der Waals surface area contributed by atoms with Crippen molar-refractivity contribution < 1.29 is 28.2 Å². The van der Waals surface area contributed by atoms with Crippen LogP contribution in [0.5, 0.6) is 5.75 Å². The zero-order valence-corrected chi connectivity index (χ0v) is 25.6. The first kappa shape index (κ1) is 28.1. The van der Waals surface area contributed by atoms with Gasteiger partial charge in [-0.25, -0.2) is 13.9 Å². The maximum Gasteiger partial charge on any atom is 0.340 e. The summed E-state index contributed by atoms with van der Waals surface area (Å²) in [6, 6.07) is 10.2. The van der Waals surface area contributed by atoms with Crippen LogP contribution in [-0.4, -0.2) is 70.9 Å². The molecule has 2 saturated heterocycles. The van der Waals surface area contributed by atoms with Crippen LogP contribution >= 0.6 is 27.5 Å². The van der Waals surface area contributed by atoms with Crippen molar-refractivity contribution >= 4 is 56.1 Å². The highest BCUT2D eigenvalue weighted by molar-refractivity contribution is 9.10. The summed E-state index contributed by atoms with van der Waals surface area (Å²) in [5.74, 6) is -1.05. The number of morpholine rings is 1. The average Bonchev–Trinajstić information content (AvgIpc) is 3.51. The van der Waals surface area contributed by atoms with Crippen LogP contribution in [0.4, 0.5) is 10.1 Å². The van der Waals surface area contributed by atoms with Crippen molar-refractivity contribution in [3.63, 3.8) is 0 Å². The number of halogens is 3. The molecule has 1 amide bonds. The van der Waals surface area contributed by atoms with Crippen LogP contribution < -0.4 is 9.64 Å². The number of nitrogens with zero attached hydrogens (tertiary/aromatic N) is 5. The highest BCUT2D eigenvalue weighted by Gasteiger charge is 2.40. The monoisotopic (exact) mass is 669 g/mol. The number of hydrogen-bond acceptors (Lipinski definition) is 8. The first-order chi connectivity index (χ1) is 20.8. The summed E-state index contributed by atoms with van der Waals surface area (Å²) in [4.78, 5) is 30.2. The number of carbonyl (C=O) groups excluding carboxylic acids is 2. The van der Waals surface area contributed by atoms with Crippen LogP contribution in [0.3, 0.4) is 0 Å². The second-order valence-corrected chi connectivity index (χ2v) is 12.1. The Hall–Kier alpha value is -3.74. The van der Waals surface area contributed by atoms with Crippen molar-refractivity contribution in [1.29, 1.82) is 0 Å². The number of methoxy groups -OCH3 is 1. The molecule has 0 N–H and O–H groups in total. The molecule has 0 spiro atoms. The van der Waals surface area contributed by atoms with Gasteiger partial charge in [0.05, 0.1) is 60.8 Å². The highest BCUT2D eigenvalue weighted by Crippen LogP contribution is 2.43. The van der Waals surface area contributed by atoms with Gasteiger partial charge in [0.1, 0.15) is 22.6 Å². The Kier molecular flexibility index (Phi) is 7.02. The standard InChI is InChI=1S/C30H26BrClFN5O5/c1-36-27-25(22(32)10-21(31)26(27)34-35-36)29(39)37-11-15-4-3-5-18(28(15)43-14-37)19-9-24(20(8-23(19)33)30(40)41-2)38-16-6-7-17(38)13-42-12-16/h3-5,8-10,16-17H,6-7,11-14H2,1-2H3. The van der Waals surface area contributed by atoms with Crippen LogP contribution in [0.2, 0.25) is 5.02 Å². The summed E-state index contributed by atoms with van der Waals surface area (Å²) in [6.07, 6.45) is 1.85. The van der Waals surface area contributed by atoms with Crippen molar-refractivity contribution in [2.45, 2.75) is 31.5 Å². The third-order valence-corrected chi connectivity index (χ3v) is 9.31. The number of esters is 1. The molecule has 0 radical (unpaired) electrons. The number of aryl methyl sites for hydroxylation is 1. The van der Waals surface area contributed by atoms with Gasteiger partial charge in [-0.05, 0) is 47.0 Å². The molecular formula is C30H26BrClFN5O5. The SMILES string of the molecule is COC(=O)c1cc(F)c(-c2cccc3c2OCN(C(=O)c2c(Cl)cc(Br)c4nnn(C)c24)C3)cc1N1C2CCC1COC2. The molecule has 3 aliphatic heterocycles. The van der Waals surface area contributed by atoms with Gasteiger partial charge in [0.15, 0.2) is 6.73 Å². The van der Waals surface area contributed by atoms with Crippen LogP contribution in [0.25, 0.3) is 22.2 Å². The Labute approximate surface area is 259 Å². The normalized spacial score (nSPS) is 19.4. The number of fused-ring (bicyclic) bond motifs is 4. The minimum absolute atomic E-state index is 0.0790. The molecule has 13 heteroatoms. The first-order valence-corrected chi connectivity index (χ1v) is 14.9. The van der Waals surface area contributed by atoms with Crippen LogP contribution in [0.1, 0.15) is 39.1 Å². The third-order valence-electron chi connectivity index (χ3n) is 8.41. The number of carbonyl (C=O) groups is 2. The van der Waals surface area contributed by atoms with Gasteiger partial charge in [-0.2, -0.15) is 0 Å². The van der Waals surface area contributed by atoms with E-state index in [4.69, 9.17) is 25.8 Å². The van der Waals surface area contributed by atoms with E-state index in [1.54, 1.807) is 31.3 Å². The van der Waals surface area contributed by atoms with Gasteiger partial charge in [0.25, 0.3) is 5.91 Å². The van der Waals surface area contributed by atoms with Gasteiger partial charge in [-0.1, -0.05) is 35.0 Å². The third kappa shape index (κ3) is 4.54. The predicted octanol–water partition coefficient (Wildman–Crippen LogP) is 5.34. The molecule has 4 aromatic rings. The Balaban J connectivity index is 1.27. The van der Waals surface area contributed by atoms with Gasteiger partial charge in [0, 0.05) is 28.2 Å². The summed E-state index contributed by atoms with van der Waals surface area (Å²) in [5, 5.41) is 8.45. The molecule has 3 aliphatic rings. The number of anilines is 1. The molecule has 10 nitrogen and oxygen atoms in total. The quantitative estimate of drug-likeness (QED) is 0.269. The fourth-order valence-corrected chi connectivity index (χ4v) is 7.33. The lowest BCUT2D eigenvalue weighted by Gasteiger charge is -2.37. The molecular weight excluding hydrogens is 645 g/mol. The van der Waals surface area contributed by atoms with Crippen LogP contribution in [0, 0.1) is 5.82 Å². The number of hydrogen-bond donors (Lipinski definition) is 0. The van der Waals surface area contributed by atoms with Gasteiger partial charge in [-0.3, -0.25) is 4.79 Å². The molecule has 2 atom stereocenters. The summed E-state index contributed by atoms with van der Waals surface area (Å²) in [7, 11) is 2.98. The molecule has 2 fully saturated rings.